The van der Waals surface area contributed by atoms with Gasteiger partial charge in [0.25, 0.3) is 0 Å². The molecule has 0 atom stereocenters. The van der Waals surface area contributed by atoms with Crippen LogP contribution >= 0.6 is 0 Å². The maximum absolute atomic E-state index is 8.52. The molecule has 0 aliphatic rings. The molecule has 0 unspecified atom stereocenters. The van der Waals surface area contributed by atoms with Crippen molar-refractivity contribution in [2.24, 2.45) is 0 Å². The van der Waals surface area contributed by atoms with Crippen molar-refractivity contribution in [1.82, 2.24) is 19.7 Å². The molecule has 1 aromatic carbocycles. The summed E-state index contributed by atoms with van der Waals surface area (Å²) < 4.78 is 35.7. The first kappa shape index (κ1) is 32.9. The zero-order valence-electron chi connectivity index (χ0n) is 15.9. The molecule has 10 N–H and O–H groups in total. The van der Waals surface area contributed by atoms with Gasteiger partial charge in [-0.05, 0) is 18.2 Å². The van der Waals surface area contributed by atoms with Crippen LogP contribution in [0.1, 0.15) is 0 Å². The summed E-state index contributed by atoms with van der Waals surface area (Å²) in [6.45, 7) is 0. The Morgan fingerprint density at radius 2 is 1.48 bits per heavy atom. The SMILES string of the molecule is CO.Nc1ccn(-c2ccc3ccc4cccnc4c3n2)n1.O.O.O=S(=O)([O-])[O-].[Cu+2].[OH3+]. The number of nitrogens with two attached hydrogens (primary N) is 1. The Hall–Kier alpha value is -2.72. The number of aliphatic hydroxyl groups is 1. The Bertz CT molecular complexity index is 1170. The summed E-state index contributed by atoms with van der Waals surface area (Å²) >= 11 is 0. The number of nitrogens with zero attached hydrogens (tertiary/aromatic N) is 4. The average Bonchev–Trinajstić information content (AvgIpc) is 3.08. The number of hydrogen-bond donors (Lipinski definition) is 2. The number of aromatic nitrogens is 4. The number of aliphatic hydroxyl groups excluding tert-OH is 1. The van der Waals surface area contributed by atoms with Gasteiger partial charge in [0.2, 0.25) is 0 Å². The molecule has 4 aromatic rings. The van der Waals surface area contributed by atoms with Gasteiger partial charge in [0.1, 0.15) is 5.82 Å². The topological polar surface area (TPSA) is 266 Å². The molecule has 0 saturated heterocycles. The Kier molecular flexibility index (Phi) is 15.2. The number of rotatable bonds is 1. The van der Waals surface area contributed by atoms with Crippen LogP contribution in [-0.2, 0) is 32.9 Å². The predicted octanol–water partition coefficient (Wildman–Crippen LogP) is -1.75. The molecule has 15 heteroatoms. The van der Waals surface area contributed by atoms with Gasteiger partial charge < -0.3 is 36.4 Å². The Balaban J connectivity index is -0.000000638. The van der Waals surface area contributed by atoms with Crippen LogP contribution in [0.5, 0.6) is 0 Å². The van der Waals surface area contributed by atoms with Crippen molar-refractivity contribution in [2.45, 2.75) is 0 Å². The second-order valence-corrected chi connectivity index (χ2v) is 5.79. The van der Waals surface area contributed by atoms with Gasteiger partial charge in [-0.25, -0.2) is 9.67 Å². The van der Waals surface area contributed by atoms with Gasteiger partial charge in [0.15, 0.2) is 5.82 Å². The van der Waals surface area contributed by atoms with E-state index in [1.54, 1.807) is 23.1 Å². The first-order chi connectivity index (χ1) is 12.8. The van der Waals surface area contributed by atoms with E-state index in [9.17, 15) is 0 Å². The minimum absolute atomic E-state index is 0. The average molecular weight is 508 g/mol. The molecule has 0 fully saturated rings. The molecule has 1 radical (unpaired) electrons. The Morgan fingerprint density at radius 3 is 2.00 bits per heavy atom. The number of anilines is 1. The molecular formula is C16H22CuN5O8S+. The van der Waals surface area contributed by atoms with Crippen LogP contribution in [0.3, 0.4) is 0 Å². The molecule has 3 heterocycles. The normalized spacial score (nSPS) is 9.29. The van der Waals surface area contributed by atoms with Crippen molar-refractivity contribution in [2.75, 3.05) is 12.8 Å². The van der Waals surface area contributed by atoms with E-state index in [0.717, 1.165) is 34.7 Å². The number of benzene rings is 1. The summed E-state index contributed by atoms with van der Waals surface area (Å²) in [5, 5.41) is 13.3. The standard InChI is InChI=1S/C15H11N5.CH4O.Cu.H2O4S.3H2O/c16-12-7-9-20(19-12)13-6-5-11-4-3-10-2-1-8-17-14(10)15(11)18-13;1-2;;1-5(2,3)4;;;/h1-9H,(H2,16,19);2H,1H3;;(H2,1,2,3,4);3*1H2/q;;+2;;;;/p-1. The third kappa shape index (κ3) is 9.31. The second kappa shape index (κ2) is 14.3. The van der Waals surface area contributed by atoms with E-state index in [-0.39, 0.29) is 33.5 Å². The maximum Gasteiger partial charge on any atom is 2.00 e. The first-order valence-corrected chi connectivity index (χ1v) is 8.72. The van der Waals surface area contributed by atoms with E-state index in [4.69, 9.17) is 28.4 Å². The molecular weight excluding hydrogens is 486 g/mol. The predicted molar refractivity (Wildman–Crippen MR) is 109 cm³/mol. The first-order valence-electron chi connectivity index (χ1n) is 7.39. The number of hydrogen-bond acceptors (Lipinski definition) is 9. The number of fused-ring (bicyclic) bond motifs is 3. The van der Waals surface area contributed by atoms with Gasteiger partial charge in [-0.3, -0.25) is 13.4 Å². The van der Waals surface area contributed by atoms with Gasteiger partial charge in [-0.1, -0.05) is 18.2 Å². The van der Waals surface area contributed by atoms with Crippen LogP contribution in [0.15, 0.2) is 54.9 Å². The molecule has 13 nitrogen and oxygen atoms in total. The fourth-order valence-corrected chi connectivity index (χ4v) is 2.31. The van der Waals surface area contributed by atoms with E-state index in [0.29, 0.717) is 5.82 Å². The number of nitrogen functional groups attached to an aromatic ring is 1. The smallest absolute Gasteiger partial charge is 0.759 e. The van der Waals surface area contributed by atoms with Gasteiger partial charge in [-0.2, -0.15) is 0 Å². The molecule has 31 heavy (non-hydrogen) atoms. The molecule has 4 rings (SSSR count). The maximum atomic E-state index is 8.52. The van der Waals surface area contributed by atoms with Gasteiger partial charge >= 0.3 is 17.1 Å². The third-order valence-electron chi connectivity index (χ3n) is 3.26. The van der Waals surface area contributed by atoms with Crippen molar-refractivity contribution < 1.29 is 56.1 Å². The van der Waals surface area contributed by atoms with Crippen LogP contribution in [-0.4, -0.2) is 60.4 Å². The molecule has 3 aromatic heterocycles. The van der Waals surface area contributed by atoms with Crippen LogP contribution in [0.25, 0.3) is 27.6 Å². The van der Waals surface area contributed by atoms with Crippen LogP contribution in [0, 0.1) is 0 Å². The molecule has 0 bridgehead atoms. The van der Waals surface area contributed by atoms with E-state index in [1.165, 1.54) is 0 Å². The molecule has 175 valence electrons. The van der Waals surface area contributed by atoms with Crippen LogP contribution < -0.4 is 5.73 Å². The quantitative estimate of drug-likeness (QED) is 0.0969. The number of pyridine rings is 2. The third-order valence-corrected chi connectivity index (χ3v) is 3.26. The molecule has 0 amide bonds. The molecule has 0 spiro atoms. The van der Waals surface area contributed by atoms with Crippen molar-refractivity contribution in [1.29, 1.82) is 0 Å². The van der Waals surface area contributed by atoms with Gasteiger partial charge in [0.05, 0.1) is 11.0 Å². The summed E-state index contributed by atoms with van der Waals surface area (Å²) in [5.74, 6) is 1.20. The summed E-state index contributed by atoms with van der Waals surface area (Å²) in [6, 6.07) is 13.7. The van der Waals surface area contributed by atoms with E-state index >= 15 is 0 Å². The van der Waals surface area contributed by atoms with Crippen molar-refractivity contribution in [3.8, 4) is 5.82 Å². The van der Waals surface area contributed by atoms with Gasteiger partial charge in [-0.15, -0.1) is 5.10 Å². The van der Waals surface area contributed by atoms with E-state index in [1.807, 2.05) is 30.3 Å². The van der Waals surface area contributed by atoms with Crippen LogP contribution in [0.4, 0.5) is 5.82 Å². The van der Waals surface area contributed by atoms with Gasteiger partial charge in [0, 0.05) is 46.7 Å². The van der Waals surface area contributed by atoms with Crippen molar-refractivity contribution in [3.05, 3.63) is 54.9 Å². The molecule has 0 saturated carbocycles. The summed E-state index contributed by atoms with van der Waals surface area (Å²) in [5.41, 5.74) is 7.41. The minimum Gasteiger partial charge on any atom is -0.759 e. The summed E-state index contributed by atoms with van der Waals surface area (Å²) in [4.78, 5) is 9.10. The Labute approximate surface area is 187 Å². The largest absolute Gasteiger partial charge is 2.00 e. The van der Waals surface area contributed by atoms with Crippen LogP contribution in [0.2, 0.25) is 0 Å². The zero-order valence-corrected chi connectivity index (χ0v) is 17.7. The monoisotopic (exact) mass is 507 g/mol. The molecule has 0 aliphatic carbocycles. The fourth-order valence-electron chi connectivity index (χ4n) is 2.31. The van der Waals surface area contributed by atoms with E-state index in [2.05, 4.69) is 21.1 Å². The fraction of sp³-hybridized carbons (Fsp3) is 0.0625. The molecule has 0 aliphatic heterocycles. The Morgan fingerprint density at radius 1 is 0.968 bits per heavy atom. The summed E-state index contributed by atoms with van der Waals surface area (Å²) in [6.07, 6.45) is 3.57. The zero-order chi connectivity index (χ0) is 20.0. The summed E-state index contributed by atoms with van der Waals surface area (Å²) in [7, 11) is -4.17. The van der Waals surface area contributed by atoms with E-state index < -0.39 is 10.4 Å². The minimum atomic E-state index is -5.17. The second-order valence-electron chi connectivity index (χ2n) is 4.98. The van der Waals surface area contributed by atoms with Crippen molar-refractivity contribution in [3.63, 3.8) is 0 Å². The van der Waals surface area contributed by atoms with Crippen molar-refractivity contribution >= 4 is 38.0 Å².